The van der Waals surface area contributed by atoms with Crippen LogP contribution in [0.5, 0.6) is 5.75 Å². The molecule has 0 aromatic heterocycles. The quantitative estimate of drug-likeness (QED) is 0.763. The van der Waals surface area contributed by atoms with Gasteiger partial charge in [0.2, 0.25) is 5.91 Å². The van der Waals surface area contributed by atoms with Crippen molar-refractivity contribution in [3.63, 3.8) is 0 Å². The summed E-state index contributed by atoms with van der Waals surface area (Å²) in [5.41, 5.74) is 1.61. The molecular formula is C23H27FN2O2. The number of ether oxygens (including phenoxy) is 1. The molecule has 0 N–H and O–H groups in total. The molecule has 2 heterocycles. The highest BCUT2D eigenvalue weighted by atomic mass is 19.1. The van der Waals surface area contributed by atoms with E-state index in [0.29, 0.717) is 18.7 Å². The molecule has 0 bridgehead atoms. The molecule has 2 saturated heterocycles. The van der Waals surface area contributed by atoms with Crippen LogP contribution in [-0.2, 0) is 4.79 Å². The molecule has 4 nitrogen and oxygen atoms in total. The second-order valence-corrected chi connectivity index (χ2v) is 7.86. The first kappa shape index (κ1) is 18.8. The van der Waals surface area contributed by atoms with Crippen LogP contribution in [0.4, 0.5) is 15.8 Å². The van der Waals surface area contributed by atoms with Crippen molar-refractivity contribution in [2.75, 3.05) is 23.0 Å². The summed E-state index contributed by atoms with van der Waals surface area (Å²) in [7, 11) is 0. The molecule has 148 valence electrons. The van der Waals surface area contributed by atoms with Crippen LogP contribution in [0.1, 0.15) is 39.5 Å². The Bertz CT molecular complexity index is 871. The first-order chi connectivity index (χ1) is 13.5. The van der Waals surface area contributed by atoms with Crippen molar-refractivity contribution < 1.29 is 13.9 Å². The first-order valence-corrected chi connectivity index (χ1v) is 10.1. The summed E-state index contributed by atoms with van der Waals surface area (Å²) in [5, 5.41) is 0. The average Bonchev–Trinajstić information content (AvgIpc) is 2.98. The fourth-order valence-corrected chi connectivity index (χ4v) is 4.90. The highest BCUT2D eigenvalue weighted by Gasteiger charge is 2.49. The number of piperidine rings is 1. The lowest BCUT2D eigenvalue weighted by Crippen LogP contribution is -2.56. The van der Waals surface area contributed by atoms with E-state index in [1.165, 1.54) is 12.1 Å². The lowest BCUT2D eigenvalue weighted by molar-refractivity contribution is -0.117. The summed E-state index contributed by atoms with van der Waals surface area (Å²) < 4.78 is 19.5. The van der Waals surface area contributed by atoms with Crippen LogP contribution in [0, 0.1) is 5.82 Å². The van der Waals surface area contributed by atoms with E-state index in [0.717, 1.165) is 37.2 Å². The van der Waals surface area contributed by atoms with Crippen LogP contribution < -0.4 is 14.5 Å². The van der Waals surface area contributed by atoms with Gasteiger partial charge in [0.25, 0.3) is 0 Å². The fraction of sp³-hybridized carbons (Fsp3) is 0.435. The molecule has 0 radical (unpaired) electrons. The normalized spacial score (nSPS) is 24.8. The van der Waals surface area contributed by atoms with Gasteiger partial charge < -0.3 is 14.5 Å². The van der Waals surface area contributed by atoms with Crippen LogP contribution in [0.25, 0.3) is 0 Å². The molecule has 2 aliphatic rings. The van der Waals surface area contributed by atoms with Gasteiger partial charge in [-0.1, -0.05) is 12.1 Å². The van der Waals surface area contributed by atoms with Crippen LogP contribution in [0.3, 0.4) is 0 Å². The number of anilines is 2. The van der Waals surface area contributed by atoms with Gasteiger partial charge in [-0.15, -0.1) is 0 Å². The molecule has 0 aliphatic carbocycles. The summed E-state index contributed by atoms with van der Waals surface area (Å²) in [5.74, 6) is 0.681. The number of carbonyl (C=O) groups is 1. The number of nitrogens with zero attached hydrogens (tertiary/aromatic N) is 2. The van der Waals surface area contributed by atoms with E-state index in [-0.39, 0.29) is 23.3 Å². The molecule has 2 fully saturated rings. The minimum absolute atomic E-state index is 0.101. The standard InChI is InChI=1S/C23H27FN2O2/c1-3-28-21-9-5-7-19(15-21)25-13-12-23(16-17(25)2)11-10-22(27)26(23)20-8-4-6-18(24)14-20/h4-9,14-15,17H,3,10-13,16H2,1-2H3. The molecular weight excluding hydrogens is 355 g/mol. The van der Waals surface area contributed by atoms with Crippen LogP contribution in [0.2, 0.25) is 0 Å². The number of carbonyl (C=O) groups excluding carboxylic acids is 1. The Hall–Kier alpha value is -2.56. The van der Waals surface area contributed by atoms with Crippen LogP contribution in [-0.4, -0.2) is 30.6 Å². The highest BCUT2D eigenvalue weighted by Crippen LogP contribution is 2.45. The van der Waals surface area contributed by atoms with Gasteiger partial charge in [-0.25, -0.2) is 4.39 Å². The van der Waals surface area contributed by atoms with E-state index in [2.05, 4.69) is 24.0 Å². The van der Waals surface area contributed by atoms with Crippen molar-refractivity contribution in [1.29, 1.82) is 0 Å². The highest BCUT2D eigenvalue weighted by molar-refractivity contribution is 5.97. The smallest absolute Gasteiger partial charge is 0.227 e. The Balaban J connectivity index is 1.58. The molecule has 2 aliphatic heterocycles. The SMILES string of the molecule is CCOc1cccc(N2CCC3(CCC(=O)N3c3cccc(F)c3)CC2C)c1. The average molecular weight is 382 g/mol. The second kappa shape index (κ2) is 7.46. The number of hydrogen-bond donors (Lipinski definition) is 0. The zero-order chi connectivity index (χ0) is 19.7. The number of halogens is 1. The van der Waals surface area contributed by atoms with Crippen molar-refractivity contribution in [3.05, 3.63) is 54.3 Å². The van der Waals surface area contributed by atoms with Gasteiger partial charge in [0.05, 0.1) is 12.1 Å². The maximum absolute atomic E-state index is 13.8. The Morgan fingerprint density at radius 3 is 2.68 bits per heavy atom. The van der Waals surface area contributed by atoms with Crippen LogP contribution in [0.15, 0.2) is 48.5 Å². The first-order valence-electron chi connectivity index (χ1n) is 10.1. The monoisotopic (exact) mass is 382 g/mol. The Morgan fingerprint density at radius 2 is 1.93 bits per heavy atom. The molecule has 1 spiro atoms. The van der Waals surface area contributed by atoms with E-state index in [1.54, 1.807) is 6.07 Å². The summed E-state index contributed by atoms with van der Waals surface area (Å²) >= 11 is 0. The van der Waals surface area contributed by atoms with Gasteiger partial charge >= 0.3 is 0 Å². The second-order valence-electron chi connectivity index (χ2n) is 7.86. The minimum atomic E-state index is -0.300. The van der Waals surface area contributed by atoms with E-state index in [9.17, 15) is 9.18 Å². The number of amides is 1. The molecule has 4 rings (SSSR count). The number of hydrogen-bond acceptors (Lipinski definition) is 3. The zero-order valence-electron chi connectivity index (χ0n) is 16.5. The molecule has 1 amide bonds. The number of rotatable bonds is 4. The maximum Gasteiger partial charge on any atom is 0.227 e. The predicted octanol–water partition coefficient (Wildman–Crippen LogP) is 4.78. The minimum Gasteiger partial charge on any atom is -0.494 e. The van der Waals surface area contributed by atoms with Gasteiger partial charge in [0, 0.05) is 36.4 Å². The van der Waals surface area contributed by atoms with Crippen molar-refractivity contribution in [3.8, 4) is 5.75 Å². The summed E-state index contributed by atoms with van der Waals surface area (Å²) in [4.78, 5) is 17.0. The molecule has 2 unspecified atom stereocenters. The third kappa shape index (κ3) is 3.34. The lowest BCUT2D eigenvalue weighted by Gasteiger charge is -2.49. The van der Waals surface area contributed by atoms with Crippen LogP contribution >= 0.6 is 0 Å². The van der Waals surface area contributed by atoms with Gasteiger partial charge in [-0.05, 0) is 63.4 Å². The third-order valence-electron chi connectivity index (χ3n) is 6.08. The van der Waals surface area contributed by atoms with Gasteiger partial charge in [-0.2, -0.15) is 0 Å². The Kier molecular flexibility index (Phi) is 5.00. The molecule has 2 aromatic rings. The number of benzene rings is 2. The van der Waals surface area contributed by atoms with Crippen molar-refractivity contribution >= 4 is 17.3 Å². The molecule has 2 aromatic carbocycles. The van der Waals surface area contributed by atoms with Crippen molar-refractivity contribution in [2.24, 2.45) is 0 Å². The predicted molar refractivity (Wildman–Crippen MR) is 110 cm³/mol. The Morgan fingerprint density at radius 1 is 1.14 bits per heavy atom. The van der Waals surface area contributed by atoms with E-state index in [4.69, 9.17) is 4.74 Å². The Labute approximate surface area is 165 Å². The molecule has 5 heteroatoms. The molecule has 0 saturated carbocycles. The van der Waals surface area contributed by atoms with E-state index in [1.807, 2.05) is 30.0 Å². The summed E-state index contributed by atoms with van der Waals surface area (Å²) in [6.07, 6.45) is 3.11. The zero-order valence-corrected chi connectivity index (χ0v) is 16.5. The van der Waals surface area contributed by atoms with Gasteiger partial charge in [0.15, 0.2) is 0 Å². The fourth-order valence-electron chi connectivity index (χ4n) is 4.90. The summed E-state index contributed by atoms with van der Waals surface area (Å²) in [6.45, 7) is 5.70. The van der Waals surface area contributed by atoms with Gasteiger partial charge in [-0.3, -0.25) is 4.79 Å². The topological polar surface area (TPSA) is 32.8 Å². The van der Waals surface area contributed by atoms with E-state index >= 15 is 0 Å². The molecule has 2 atom stereocenters. The summed E-state index contributed by atoms with van der Waals surface area (Å²) in [6, 6.07) is 14.9. The van der Waals surface area contributed by atoms with Gasteiger partial charge in [0.1, 0.15) is 11.6 Å². The maximum atomic E-state index is 13.8. The van der Waals surface area contributed by atoms with E-state index < -0.39 is 0 Å². The lowest BCUT2D eigenvalue weighted by atomic mass is 9.81. The molecule has 28 heavy (non-hydrogen) atoms. The third-order valence-corrected chi connectivity index (χ3v) is 6.08. The largest absolute Gasteiger partial charge is 0.494 e. The van der Waals surface area contributed by atoms with Crippen molar-refractivity contribution in [2.45, 2.75) is 51.1 Å². The van der Waals surface area contributed by atoms with Crippen molar-refractivity contribution in [1.82, 2.24) is 0 Å².